The number of nitriles is 1. The van der Waals surface area contributed by atoms with E-state index in [0.717, 1.165) is 6.29 Å². The van der Waals surface area contributed by atoms with Gasteiger partial charge in [0.1, 0.15) is 0 Å². The number of aldehydes is 1. The number of carbonyl (C=O) groups is 1. The summed E-state index contributed by atoms with van der Waals surface area (Å²) in [4.78, 5) is 11.0. The molecule has 0 atom stereocenters. The van der Waals surface area contributed by atoms with Crippen LogP contribution in [0.15, 0.2) is 36.4 Å². The molecule has 0 N–H and O–H groups in total. The smallest absolute Gasteiger partial charge is 0.150 e. The number of rotatable bonds is 2. The van der Waals surface area contributed by atoms with Crippen molar-refractivity contribution in [2.45, 2.75) is 13.8 Å². The quantitative estimate of drug-likeness (QED) is 0.700. The zero-order valence-electron chi connectivity index (χ0n) is 11.2. The van der Waals surface area contributed by atoms with E-state index in [1.165, 1.54) is 0 Å². The summed E-state index contributed by atoms with van der Waals surface area (Å²) in [7, 11) is 0. The van der Waals surface area contributed by atoms with E-state index in [4.69, 9.17) is 28.5 Å². The maximum atomic E-state index is 11.0. The highest BCUT2D eigenvalue weighted by Gasteiger charge is 2.09. The van der Waals surface area contributed by atoms with Gasteiger partial charge in [-0.3, -0.25) is 4.79 Å². The zero-order valence-corrected chi connectivity index (χ0v) is 12.7. The van der Waals surface area contributed by atoms with Gasteiger partial charge in [0, 0.05) is 21.2 Å². The van der Waals surface area contributed by atoms with Gasteiger partial charge in [-0.25, -0.2) is 0 Å². The van der Waals surface area contributed by atoms with Crippen LogP contribution in [-0.2, 0) is 0 Å². The van der Waals surface area contributed by atoms with E-state index in [1.54, 1.807) is 36.4 Å². The Morgan fingerprint density at radius 3 is 2.30 bits per heavy atom. The molecular weight excluding hydrogens is 293 g/mol. The molecule has 2 aromatic rings. The molecular formula is C16H13Cl2NO. The van der Waals surface area contributed by atoms with E-state index in [2.05, 4.69) is 0 Å². The van der Waals surface area contributed by atoms with Crippen LogP contribution in [0.3, 0.4) is 0 Å². The van der Waals surface area contributed by atoms with Crippen LogP contribution in [0, 0.1) is 11.3 Å². The lowest BCUT2D eigenvalue weighted by Gasteiger charge is -2.08. The normalized spacial score (nSPS) is 9.15. The molecule has 0 saturated heterocycles. The largest absolute Gasteiger partial charge is 0.298 e. The second-order valence-corrected chi connectivity index (χ2v) is 4.50. The van der Waals surface area contributed by atoms with Crippen molar-refractivity contribution in [2.75, 3.05) is 0 Å². The van der Waals surface area contributed by atoms with Crippen molar-refractivity contribution in [2.24, 2.45) is 0 Å². The van der Waals surface area contributed by atoms with Gasteiger partial charge in [-0.15, -0.1) is 0 Å². The lowest BCUT2D eigenvalue weighted by Crippen LogP contribution is -1.89. The molecule has 0 amide bonds. The molecule has 0 radical (unpaired) electrons. The molecule has 0 heterocycles. The monoisotopic (exact) mass is 305 g/mol. The lowest BCUT2D eigenvalue weighted by molar-refractivity contribution is 0.112. The molecule has 0 aliphatic carbocycles. The van der Waals surface area contributed by atoms with Gasteiger partial charge in [0.15, 0.2) is 6.29 Å². The molecule has 0 unspecified atom stereocenters. The van der Waals surface area contributed by atoms with Gasteiger partial charge >= 0.3 is 0 Å². The zero-order chi connectivity index (χ0) is 15.1. The maximum absolute atomic E-state index is 11.0. The Labute approximate surface area is 128 Å². The van der Waals surface area contributed by atoms with E-state index in [-0.39, 0.29) is 0 Å². The number of benzene rings is 2. The fraction of sp³-hybridized carbons (Fsp3) is 0.125. The van der Waals surface area contributed by atoms with E-state index in [9.17, 15) is 4.79 Å². The second-order valence-electron chi connectivity index (χ2n) is 3.66. The maximum Gasteiger partial charge on any atom is 0.150 e. The summed E-state index contributed by atoms with van der Waals surface area (Å²) in [5, 5.41) is 9.72. The Morgan fingerprint density at radius 2 is 1.75 bits per heavy atom. The fourth-order valence-electron chi connectivity index (χ4n) is 1.67. The SMILES string of the molecule is CC.N#Cc1ccc(-c2cc(Cl)ccc2C=O)c(Cl)c1. The lowest BCUT2D eigenvalue weighted by atomic mass is 9.99. The van der Waals surface area contributed by atoms with Crippen LogP contribution in [0.2, 0.25) is 10.0 Å². The number of halogens is 2. The van der Waals surface area contributed by atoms with Crippen LogP contribution >= 0.6 is 23.2 Å². The fourth-order valence-corrected chi connectivity index (χ4v) is 2.12. The molecule has 0 aliphatic heterocycles. The molecule has 0 saturated carbocycles. The first-order valence-corrected chi connectivity index (χ1v) is 6.86. The van der Waals surface area contributed by atoms with Gasteiger partial charge in [-0.1, -0.05) is 43.1 Å². The van der Waals surface area contributed by atoms with Crippen molar-refractivity contribution < 1.29 is 4.79 Å². The first-order valence-electron chi connectivity index (χ1n) is 6.10. The minimum atomic E-state index is 0.416. The molecule has 0 aromatic heterocycles. The standard InChI is InChI=1S/C14H7Cl2NO.C2H6/c15-11-3-2-10(8-18)13(6-11)12-4-1-9(7-17)5-14(12)16;1-2/h1-6,8H;1-2H3. The summed E-state index contributed by atoms with van der Waals surface area (Å²) in [6.07, 6.45) is 0.750. The summed E-state index contributed by atoms with van der Waals surface area (Å²) in [6.45, 7) is 4.00. The van der Waals surface area contributed by atoms with Crippen LogP contribution in [0.5, 0.6) is 0 Å². The molecule has 2 aromatic carbocycles. The third-order valence-electron chi connectivity index (χ3n) is 2.53. The summed E-state index contributed by atoms with van der Waals surface area (Å²) in [6, 6.07) is 11.9. The minimum Gasteiger partial charge on any atom is -0.298 e. The average Bonchev–Trinajstić information content (AvgIpc) is 2.49. The number of hydrogen-bond donors (Lipinski definition) is 0. The molecule has 102 valence electrons. The van der Waals surface area contributed by atoms with E-state index < -0.39 is 0 Å². The predicted octanol–water partition coefficient (Wildman–Crippen LogP) is 5.37. The Hall–Kier alpha value is -1.82. The first kappa shape index (κ1) is 16.2. The van der Waals surface area contributed by atoms with Crippen LogP contribution in [-0.4, -0.2) is 6.29 Å². The van der Waals surface area contributed by atoms with Crippen LogP contribution in [0.4, 0.5) is 0 Å². The van der Waals surface area contributed by atoms with Gasteiger partial charge in [-0.05, 0) is 35.9 Å². The first-order chi connectivity index (χ1) is 9.65. The number of carbonyl (C=O) groups excluding carboxylic acids is 1. The summed E-state index contributed by atoms with van der Waals surface area (Å²) in [5.41, 5.74) is 2.32. The van der Waals surface area contributed by atoms with Crippen molar-refractivity contribution in [1.82, 2.24) is 0 Å². The van der Waals surface area contributed by atoms with Gasteiger partial charge in [0.25, 0.3) is 0 Å². The van der Waals surface area contributed by atoms with Crippen molar-refractivity contribution in [3.05, 3.63) is 57.6 Å². The molecule has 0 spiro atoms. The molecule has 2 rings (SSSR count). The van der Waals surface area contributed by atoms with Crippen LogP contribution in [0.1, 0.15) is 29.8 Å². The van der Waals surface area contributed by atoms with E-state index >= 15 is 0 Å². The second kappa shape index (κ2) is 7.69. The predicted molar refractivity (Wildman–Crippen MR) is 83.3 cm³/mol. The number of hydrogen-bond acceptors (Lipinski definition) is 2. The highest BCUT2D eigenvalue weighted by molar-refractivity contribution is 6.34. The van der Waals surface area contributed by atoms with E-state index in [0.29, 0.717) is 32.3 Å². The van der Waals surface area contributed by atoms with Crippen molar-refractivity contribution >= 4 is 29.5 Å². The van der Waals surface area contributed by atoms with Gasteiger partial charge in [-0.2, -0.15) is 5.26 Å². The van der Waals surface area contributed by atoms with Crippen molar-refractivity contribution in [1.29, 1.82) is 5.26 Å². The topological polar surface area (TPSA) is 40.9 Å². The third kappa shape index (κ3) is 3.60. The Kier molecular flexibility index (Phi) is 6.24. The highest BCUT2D eigenvalue weighted by atomic mass is 35.5. The van der Waals surface area contributed by atoms with Gasteiger partial charge in [0.2, 0.25) is 0 Å². The van der Waals surface area contributed by atoms with E-state index in [1.807, 2.05) is 19.9 Å². The Bertz CT molecular complexity index is 660. The van der Waals surface area contributed by atoms with Crippen LogP contribution < -0.4 is 0 Å². The third-order valence-corrected chi connectivity index (χ3v) is 3.08. The minimum absolute atomic E-state index is 0.416. The Balaban J connectivity index is 0.000000956. The summed E-state index contributed by atoms with van der Waals surface area (Å²) >= 11 is 12.0. The van der Waals surface area contributed by atoms with Gasteiger partial charge in [0.05, 0.1) is 11.6 Å². The highest BCUT2D eigenvalue weighted by Crippen LogP contribution is 2.32. The van der Waals surface area contributed by atoms with Crippen LogP contribution in [0.25, 0.3) is 11.1 Å². The molecule has 0 aliphatic rings. The molecule has 2 nitrogen and oxygen atoms in total. The van der Waals surface area contributed by atoms with Gasteiger partial charge < -0.3 is 0 Å². The summed E-state index contributed by atoms with van der Waals surface area (Å²) in [5.74, 6) is 0. The van der Waals surface area contributed by atoms with Crippen molar-refractivity contribution in [3.63, 3.8) is 0 Å². The molecule has 4 heteroatoms. The molecule has 0 fully saturated rings. The average molecular weight is 306 g/mol. The Morgan fingerprint density at radius 1 is 1.05 bits per heavy atom. The summed E-state index contributed by atoms with van der Waals surface area (Å²) < 4.78 is 0. The molecule has 0 bridgehead atoms. The van der Waals surface area contributed by atoms with Crippen molar-refractivity contribution in [3.8, 4) is 17.2 Å². The number of nitrogens with zero attached hydrogens (tertiary/aromatic N) is 1. The molecule has 20 heavy (non-hydrogen) atoms.